The number of ether oxygens (including phenoxy) is 1. The zero-order valence-electron chi connectivity index (χ0n) is 16.2. The Bertz CT molecular complexity index is 1130. The van der Waals surface area contributed by atoms with Gasteiger partial charge in [0, 0.05) is 16.6 Å². The van der Waals surface area contributed by atoms with E-state index in [1.807, 2.05) is 29.9 Å². The molecule has 0 unspecified atom stereocenters. The predicted molar refractivity (Wildman–Crippen MR) is 116 cm³/mol. The van der Waals surface area contributed by atoms with E-state index < -0.39 is 6.09 Å². The summed E-state index contributed by atoms with van der Waals surface area (Å²) in [7, 11) is 0. The van der Waals surface area contributed by atoms with Crippen molar-refractivity contribution in [3.63, 3.8) is 0 Å². The number of amides is 1. The van der Waals surface area contributed by atoms with Gasteiger partial charge in [0.15, 0.2) is 0 Å². The molecule has 7 nitrogen and oxygen atoms in total. The maximum atomic E-state index is 11.9. The van der Waals surface area contributed by atoms with Crippen LogP contribution >= 0.6 is 22.7 Å². The van der Waals surface area contributed by atoms with Crippen LogP contribution in [0.1, 0.15) is 31.3 Å². The lowest BCUT2D eigenvalue weighted by molar-refractivity contribution is 0.144. The van der Waals surface area contributed by atoms with Gasteiger partial charge < -0.3 is 15.0 Å². The molecule has 150 valence electrons. The number of hydrogen-bond acceptors (Lipinski definition) is 7. The number of nitrogens with zero attached hydrogens (tertiary/aromatic N) is 3. The molecule has 3 aromatic heterocycles. The standard InChI is InChI=1S/C20H21N5O2S2/c1-3-4-7-27-20(26)21-9-16-24-17(18(25-16)19-23-12(2)10-28-19)13-5-6-14-15(8-13)29-11-22-14/h5-6,8,10-11H,3-4,7,9H2,1-2H3,(H,21,26)(H,24,25). The van der Waals surface area contributed by atoms with Crippen LogP contribution in [0.2, 0.25) is 0 Å². The van der Waals surface area contributed by atoms with Gasteiger partial charge in [-0.1, -0.05) is 19.4 Å². The smallest absolute Gasteiger partial charge is 0.407 e. The first-order valence-corrected chi connectivity index (χ1v) is 11.2. The third kappa shape index (κ3) is 4.46. The fourth-order valence-electron chi connectivity index (χ4n) is 2.86. The van der Waals surface area contributed by atoms with Gasteiger partial charge in [-0.25, -0.2) is 19.7 Å². The van der Waals surface area contributed by atoms with E-state index in [0.717, 1.165) is 50.7 Å². The Labute approximate surface area is 176 Å². The molecule has 1 amide bonds. The van der Waals surface area contributed by atoms with Gasteiger partial charge >= 0.3 is 6.09 Å². The molecule has 0 aliphatic rings. The van der Waals surface area contributed by atoms with Crippen LogP contribution in [-0.2, 0) is 11.3 Å². The van der Waals surface area contributed by atoms with Crippen molar-refractivity contribution < 1.29 is 9.53 Å². The van der Waals surface area contributed by atoms with Gasteiger partial charge in [-0.3, -0.25) is 0 Å². The number of hydrogen-bond donors (Lipinski definition) is 2. The number of unbranched alkanes of at least 4 members (excludes halogenated alkanes) is 1. The van der Waals surface area contributed by atoms with Gasteiger partial charge in [-0.2, -0.15) is 0 Å². The summed E-state index contributed by atoms with van der Waals surface area (Å²) in [6.07, 6.45) is 1.40. The van der Waals surface area contributed by atoms with Crippen LogP contribution in [0.15, 0.2) is 29.1 Å². The second-order valence-corrected chi connectivity index (χ2v) is 8.32. The zero-order valence-corrected chi connectivity index (χ0v) is 17.8. The molecule has 29 heavy (non-hydrogen) atoms. The SMILES string of the molecule is CCCCOC(=O)NCc1nc(-c2nc(C)cs2)c(-c2ccc3ncsc3c2)[nH]1. The van der Waals surface area contributed by atoms with Crippen molar-refractivity contribution in [2.75, 3.05) is 6.61 Å². The number of carbonyl (C=O) groups excluding carboxylic acids is 1. The van der Waals surface area contributed by atoms with Crippen LogP contribution in [-0.4, -0.2) is 32.6 Å². The molecule has 0 atom stereocenters. The molecule has 2 N–H and O–H groups in total. The monoisotopic (exact) mass is 427 g/mol. The minimum Gasteiger partial charge on any atom is -0.450 e. The molecule has 4 aromatic rings. The lowest BCUT2D eigenvalue weighted by Crippen LogP contribution is -2.24. The molecule has 0 spiro atoms. The Kier molecular flexibility index (Phi) is 5.86. The second-order valence-electron chi connectivity index (χ2n) is 6.58. The van der Waals surface area contributed by atoms with E-state index in [1.165, 1.54) is 0 Å². The van der Waals surface area contributed by atoms with Crippen LogP contribution in [0.25, 0.3) is 32.2 Å². The van der Waals surface area contributed by atoms with E-state index >= 15 is 0 Å². The third-order valence-electron chi connectivity index (χ3n) is 4.33. The summed E-state index contributed by atoms with van der Waals surface area (Å²) in [6.45, 7) is 4.69. The number of benzene rings is 1. The van der Waals surface area contributed by atoms with Gasteiger partial charge in [-0.15, -0.1) is 22.7 Å². The van der Waals surface area contributed by atoms with Gasteiger partial charge in [0.2, 0.25) is 0 Å². The third-order valence-corrected chi connectivity index (χ3v) is 6.08. The summed E-state index contributed by atoms with van der Waals surface area (Å²) in [5.74, 6) is 0.652. The van der Waals surface area contributed by atoms with Crippen molar-refractivity contribution in [3.05, 3.63) is 40.6 Å². The van der Waals surface area contributed by atoms with Crippen molar-refractivity contribution in [2.24, 2.45) is 0 Å². The van der Waals surface area contributed by atoms with Gasteiger partial charge in [0.25, 0.3) is 0 Å². The second kappa shape index (κ2) is 8.71. The van der Waals surface area contributed by atoms with E-state index in [2.05, 4.69) is 33.3 Å². The first kappa shape index (κ1) is 19.5. The summed E-state index contributed by atoms with van der Waals surface area (Å²) < 4.78 is 6.25. The first-order chi connectivity index (χ1) is 14.1. The molecule has 4 rings (SSSR count). The Hall–Kier alpha value is -2.78. The topological polar surface area (TPSA) is 92.8 Å². The van der Waals surface area contributed by atoms with E-state index in [-0.39, 0.29) is 6.54 Å². The molecular weight excluding hydrogens is 406 g/mol. The molecule has 0 radical (unpaired) electrons. The lowest BCUT2D eigenvalue weighted by Gasteiger charge is -2.04. The number of alkyl carbamates (subject to hydrolysis) is 1. The number of thiazole rings is 2. The largest absolute Gasteiger partial charge is 0.450 e. The summed E-state index contributed by atoms with van der Waals surface area (Å²) in [5.41, 5.74) is 6.44. The van der Waals surface area contributed by atoms with Crippen molar-refractivity contribution in [2.45, 2.75) is 33.2 Å². The zero-order chi connectivity index (χ0) is 20.2. The Balaban J connectivity index is 1.61. The predicted octanol–water partition coefficient (Wildman–Crippen LogP) is 5.14. The molecule has 0 aliphatic carbocycles. The fourth-order valence-corrected chi connectivity index (χ4v) is 4.37. The van der Waals surface area contributed by atoms with E-state index in [0.29, 0.717) is 12.4 Å². The summed E-state index contributed by atoms with van der Waals surface area (Å²) >= 11 is 3.15. The first-order valence-electron chi connectivity index (χ1n) is 9.39. The maximum Gasteiger partial charge on any atom is 0.407 e. The molecule has 0 aliphatic heterocycles. The number of nitrogens with one attached hydrogen (secondary N) is 2. The fraction of sp³-hybridized carbons (Fsp3) is 0.300. The minimum absolute atomic E-state index is 0.255. The summed E-state index contributed by atoms with van der Waals surface area (Å²) in [5, 5.41) is 5.60. The number of aryl methyl sites for hydroxylation is 1. The molecule has 0 bridgehead atoms. The van der Waals surface area contributed by atoms with Crippen molar-refractivity contribution in [3.8, 4) is 22.0 Å². The van der Waals surface area contributed by atoms with Crippen LogP contribution < -0.4 is 5.32 Å². The molecule has 9 heteroatoms. The number of rotatable bonds is 7. The highest BCUT2D eigenvalue weighted by Crippen LogP contribution is 2.34. The molecular formula is C20H21N5O2S2. The average molecular weight is 428 g/mol. The molecule has 0 saturated carbocycles. The molecule has 1 aromatic carbocycles. The van der Waals surface area contributed by atoms with Gasteiger partial charge in [-0.05, 0) is 25.5 Å². The Morgan fingerprint density at radius 1 is 1.28 bits per heavy atom. The average Bonchev–Trinajstić information content (AvgIpc) is 3.45. The van der Waals surface area contributed by atoms with Gasteiger partial charge in [0.05, 0.1) is 34.6 Å². The van der Waals surface area contributed by atoms with E-state index in [9.17, 15) is 4.79 Å². The normalized spacial score (nSPS) is 11.1. The van der Waals surface area contributed by atoms with E-state index in [1.54, 1.807) is 22.7 Å². The Morgan fingerprint density at radius 2 is 2.17 bits per heavy atom. The minimum atomic E-state index is -0.436. The number of fused-ring (bicyclic) bond motifs is 1. The summed E-state index contributed by atoms with van der Waals surface area (Å²) in [4.78, 5) is 28.9. The molecule has 0 fully saturated rings. The quantitative estimate of drug-likeness (QED) is 0.398. The molecule has 0 saturated heterocycles. The number of aromatic amines is 1. The van der Waals surface area contributed by atoms with Crippen LogP contribution in [0.4, 0.5) is 4.79 Å². The highest BCUT2D eigenvalue weighted by Gasteiger charge is 2.18. The van der Waals surface area contributed by atoms with Crippen LogP contribution in [0.5, 0.6) is 0 Å². The number of aromatic nitrogens is 4. The van der Waals surface area contributed by atoms with Crippen molar-refractivity contribution in [1.29, 1.82) is 0 Å². The number of carbonyl (C=O) groups is 1. The van der Waals surface area contributed by atoms with Gasteiger partial charge in [0.1, 0.15) is 16.5 Å². The maximum absolute atomic E-state index is 11.9. The highest BCUT2D eigenvalue weighted by molar-refractivity contribution is 7.16. The molecule has 3 heterocycles. The van der Waals surface area contributed by atoms with Crippen LogP contribution in [0, 0.1) is 6.92 Å². The van der Waals surface area contributed by atoms with Crippen molar-refractivity contribution in [1.82, 2.24) is 25.3 Å². The van der Waals surface area contributed by atoms with Crippen molar-refractivity contribution >= 4 is 39.0 Å². The van der Waals surface area contributed by atoms with E-state index in [4.69, 9.17) is 9.72 Å². The highest BCUT2D eigenvalue weighted by atomic mass is 32.1. The van der Waals surface area contributed by atoms with Crippen LogP contribution in [0.3, 0.4) is 0 Å². The lowest BCUT2D eigenvalue weighted by atomic mass is 10.1. The number of imidazole rings is 1. The number of H-pyrrole nitrogens is 1. The Morgan fingerprint density at radius 3 is 2.97 bits per heavy atom. The summed E-state index contributed by atoms with van der Waals surface area (Å²) in [6, 6.07) is 6.12.